The summed E-state index contributed by atoms with van der Waals surface area (Å²) < 4.78 is 0. The monoisotopic (exact) mass is 251 g/mol. The molecular weight excluding hydrogens is 226 g/mol. The van der Waals surface area contributed by atoms with Crippen LogP contribution in [0.2, 0.25) is 0 Å². The molecule has 18 heavy (non-hydrogen) atoms. The highest BCUT2D eigenvalue weighted by Crippen LogP contribution is 2.38. The number of hydrogen-bond acceptors (Lipinski definition) is 3. The molecular formula is C14H25N3O. The summed E-state index contributed by atoms with van der Waals surface area (Å²) in [6.07, 6.45) is 6.19. The second-order valence-electron chi connectivity index (χ2n) is 5.57. The van der Waals surface area contributed by atoms with Gasteiger partial charge >= 0.3 is 0 Å². The molecule has 2 aliphatic rings. The first kappa shape index (κ1) is 13.6. The van der Waals surface area contributed by atoms with Gasteiger partial charge in [0.25, 0.3) is 0 Å². The molecule has 0 aromatic rings. The molecule has 1 heterocycles. The van der Waals surface area contributed by atoms with Gasteiger partial charge in [0.05, 0.1) is 5.41 Å². The smallest absolute Gasteiger partial charge is 0.230 e. The molecule has 4 heteroatoms. The predicted octanol–water partition coefficient (Wildman–Crippen LogP) is 0.836. The molecule has 2 rings (SSSR count). The summed E-state index contributed by atoms with van der Waals surface area (Å²) in [5.74, 6) is 0.306. The maximum absolute atomic E-state index is 12.6. The van der Waals surface area contributed by atoms with E-state index in [1.165, 1.54) is 0 Å². The van der Waals surface area contributed by atoms with Gasteiger partial charge in [-0.05, 0) is 12.8 Å². The molecule has 0 bridgehead atoms. The zero-order valence-corrected chi connectivity index (χ0v) is 11.2. The van der Waals surface area contributed by atoms with Crippen molar-refractivity contribution in [2.24, 2.45) is 11.1 Å². The Morgan fingerprint density at radius 1 is 1.22 bits per heavy atom. The number of carbonyl (C=O) groups excluding carboxylic acids is 1. The van der Waals surface area contributed by atoms with Crippen LogP contribution in [0.1, 0.15) is 25.7 Å². The Balaban J connectivity index is 1.92. The fourth-order valence-corrected chi connectivity index (χ4v) is 3.21. The van der Waals surface area contributed by atoms with Crippen molar-refractivity contribution in [1.29, 1.82) is 0 Å². The van der Waals surface area contributed by atoms with Gasteiger partial charge < -0.3 is 10.6 Å². The van der Waals surface area contributed by atoms with Gasteiger partial charge in [0.2, 0.25) is 5.91 Å². The van der Waals surface area contributed by atoms with Crippen LogP contribution < -0.4 is 5.73 Å². The number of amides is 1. The number of carbonyl (C=O) groups is 1. The van der Waals surface area contributed by atoms with Crippen molar-refractivity contribution in [3.05, 3.63) is 12.7 Å². The Morgan fingerprint density at radius 2 is 1.83 bits per heavy atom. The molecule has 0 unspecified atom stereocenters. The predicted molar refractivity (Wildman–Crippen MR) is 73.2 cm³/mol. The van der Waals surface area contributed by atoms with Crippen LogP contribution in [0, 0.1) is 5.41 Å². The number of nitrogens with zero attached hydrogens (tertiary/aromatic N) is 2. The fraction of sp³-hybridized carbons (Fsp3) is 0.786. The van der Waals surface area contributed by atoms with E-state index in [9.17, 15) is 4.79 Å². The standard InChI is InChI=1S/C14H25N3O/c1-2-7-16-8-10-17(11-9-16)13(18)14(12-15)5-3-4-6-14/h2H,1,3-12,15H2. The van der Waals surface area contributed by atoms with Crippen molar-refractivity contribution in [3.8, 4) is 0 Å². The van der Waals surface area contributed by atoms with Crippen LogP contribution in [-0.4, -0.2) is 55.0 Å². The summed E-state index contributed by atoms with van der Waals surface area (Å²) in [5.41, 5.74) is 5.64. The minimum atomic E-state index is -0.236. The number of hydrogen-bond donors (Lipinski definition) is 1. The van der Waals surface area contributed by atoms with E-state index in [0.29, 0.717) is 12.5 Å². The first-order valence-electron chi connectivity index (χ1n) is 7.04. The summed E-state index contributed by atoms with van der Waals surface area (Å²) in [5, 5.41) is 0. The van der Waals surface area contributed by atoms with Gasteiger partial charge in [-0.1, -0.05) is 18.9 Å². The zero-order chi connectivity index (χ0) is 13.0. The lowest BCUT2D eigenvalue weighted by atomic mass is 9.84. The summed E-state index contributed by atoms with van der Waals surface area (Å²) in [6, 6.07) is 0. The second kappa shape index (κ2) is 5.85. The first-order chi connectivity index (χ1) is 8.72. The van der Waals surface area contributed by atoms with Gasteiger partial charge in [-0.2, -0.15) is 0 Å². The van der Waals surface area contributed by atoms with Crippen molar-refractivity contribution in [3.63, 3.8) is 0 Å². The van der Waals surface area contributed by atoms with Gasteiger partial charge in [-0.15, -0.1) is 6.58 Å². The van der Waals surface area contributed by atoms with Crippen LogP contribution in [0.4, 0.5) is 0 Å². The Hall–Kier alpha value is -0.870. The molecule has 4 nitrogen and oxygen atoms in total. The number of rotatable bonds is 4. The molecule has 1 saturated carbocycles. The van der Waals surface area contributed by atoms with E-state index < -0.39 is 0 Å². The Bertz CT molecular complexity index is 302. The molecule has 1 amide bonds. The van der Waals surface area contributed by atoms with E-state index in [-0.39, 0.29) is 5.41 Å². The summed E-state index contributed by atoms with van der Waals surface area (Å²) in [6.45, 7) is 8.79. The molecule has 1 aliphatic heterocycles. The molecule has 0 aromatic heterocycles. The summed E-state index contributed by atoms with van der Waals surface area (Å²) >= 11 is 0. The van der Waals surface area contributed by atoms with E-state index in [2.05, 4.69) is 11.5 Å². The van der Waals surface area contributed by atoms with Crippen molar-refractivity contribution < 1.29 is 4.79 Å². The normalized spacial score (nSPS) is 24.2. The van der Waals surface area contributed by atoms with Crippen molar-refractivity contribution in [2.75, 3.05) is 39.3 Å². The number of piperazine rings is 1. The first-order valence-corrected chi connectivity index (χ1v) is 7.04. The lowest BCUT2D eigenvalue weighted by molar-refractivity contribution is -0.143. The van der Waals surface area contributed by atoms with Crippen LogP contribution >= 0.6 is 0 Å². The molecule has 0 atom stereocenters. The zero-order valence-electron chi connectivity index (χ0n) is 11.2. The van der Waals surface area contributed by atoms with E-state index in [4.69, 9.17) is 5.73 Å². The van der Waals surface area contributed by atoms with Gasteiger partial charge in [0.1, 0.15) is 0 Å². The summed E-state index contributed by atoms with van der Waals surface area (Å²) in [4.78, 5) is 17.0. The van der Waals surface area contributed by atoms with Crippen LogP contribution in [0.5, 0.6) is 0 Å². The van der Waals surface area contributed by atoms with Crippen LogP contribution in [0.3, 0.4) is 0 Å². The van der Waals surface area contributed by atoms with Crippen LogP contribution in [0.15, 0.2) is 12.7 Å². The number of nitrogens with two attached hydrogens (primary N) is 1. The molecule has 2 fully saturated rings. The van der Waals surface area contributed by atoms with Crippen LogP contribution in [0.25, 0.3) is 0 Å². The van der Waals surface area contributed by atoms with Crippen molar-refractivity contribution in [2.45, 2.75) is 25.7 Å². The molecule has 0 aromatic carbocycles. The summed E-state index contributed by atoms with van der Waals surface area (Å²) in [7, 11) is 0. The highest BCUT2D eigenvalue weighted by molar-refractivity contribution is 5.83. The van der Waals surface area contributed by atoms with Gasteiger partial charge in [0.15, 0.2) is 0 Å². The Morgan fingerprint density at radius 3 is 2.33 bits per heavy atom. The Labute approximate surface area is 110 Å². The third-order valence-corrected chi connectivity index (χ3v) is 4.45. The average Bonchev–Trinajstić information content (AvgIpc) is 2.89. The second-order valence-corrected chi connectivity index (χ2v) is 5.57. The minimum Gasteiger partial charge on any atom is -0.340 e. The molecule has 1 aliphatic carbocycles. The van der Waals surface area contributed by atoms with Gasteiger partial charge in [-0.3, -0.25) is 9.69 Å². The Kier molecular flexibility index (Phi) is 4.40. The van der Waals surface area contributed by atoms with E-state index in [0.717, 1.165) is 58.4 Å². The van der Waals surface area contributed by atoms with Crippen molar-refractivity contribution in [1.82, 2.24) is 9.80 Å². The lowest BCUT2D eigenvalue weighted by Gasteiger charge is -2.39. The third kappa shape index (κ3) is 2.59. The minimum absolute atomic E-state index is 0.236. The highest BCUT2D eigenvalue weighted by atomic mass is 16.2. The molecule has 0 spiro atoms. The largest absolute Gasteiger partial charge is 0.340 e. The SMILES string of the molecule is C=CCN1CCN(C(=O)C2(CN)CCCC2)CC1. The van der Waals surface area contributed by atoms with E-state index >= 15 is 0 Å². The maximum atomic E-state index is 12.6. The topological polar surface area (TPSA) is 49.6 Å². The molecule has 102 valence electrons. The lowest BCUT2D eigenvalue weighted by Crippen LogP contribution is -2.54. The highest BCUT2D eigenvalue weighted by Gasteiger charge is 2.42. The third-order valence-electron chi connectivity index (χ3n) is 4.45. The molecule has 1 saturated heterocycles. The van der Waals surface area contributed by atoms with E-state index in [1.54, 1.807) is 0 Å². The van der Waals surface area contributed by atoms with Gasteiger partial charge in [-0.25, -0.2) is 0 Å². The van der Waals surface area contributed by atoms with Gasteiger partial charge in [0, 0.05) is 39.3 Å². The molecule has 2 N–H and O–H groups in total. The van der Waals surface area contributed by atoms with Crippen molar-refractivity contribution >= 4 is 5.91 Å². The average molecular weight is 251 g/mol. The van der Waals surface area contributed by atoms with E-state index in [1.807, 2.05) is 11.0 Å². The molecule has 0 radical (unpaired) electrons. The quantitative estimate of drug-likeness (QED) is 0.753. The fourth-order valence-electron chi connectivity index (χ4n) is 3.21. The maximum Gasteiger partial charge on any atom is 0.230 e. The van der Waals surface area contributed by atoms with Crippen LogP contribution in [-0.2, 0) is 4.79 Å².